The summed E-state index contributed by atoms with van der Waals surface area (Å²) in [5, 5.41) is 1.11. The van der Waals surface area contributed by atoms with Crippen LogP contribution in [0.2, 0.25) is 5.02 Å². The molecule has 29 heavy (non-hydrogen) atoms. The Morgan fingerprint density at radius 1 is 1.14 bits per heavy atom. The average Bonchev–Trinajstić information content (AvgIpc) is 3.13. The highest BCUT2D eigenvalue weighted by Gasteiger charge is 2.35. The molecular formula is C23H24ClF2NO2. The number of nitrogens with zero attached hydrogens (tertiary/aromatic N) is 1. The van der Waals surface area contributed by atoms with Crippen LogP contribution in [0.3, 0.4) is 0 Å². The molecule has 0 bridgehead atoms. The second-order valence-electron chi connectivity index (χ2n) is 8.46. The van der Waals surface area contributed by atoms with Crippen molar-refractivity contribution in [3.8, 4) is 0 Å². The van der Waals surface area contributed by atoms with Gasteiger partial charge in [-0.25, -0.2) is 8.78 Å². The molecule has 3 nitrogen and oxygen atoms in total. The van der Waals surface area contributed by atoms with E-state index in [0.29, 0.717) is 60.0 Å². The van der Waals surface area contributed by atoms with E-state index in [1.165, 1.54) is 0 Å². The summed E-state index contributed by atoms with van der Waals surface area (Å²) in [5.41, 5.74) is 2.05. The number of ketones is 2. The first kappa shape index (κ1) is 20.4. The van der Waals surface area contributed by atoms with E-state index < -0.39 is 5.92 Å². The van der Waals surface area contributed by atoms with Crippen molar-refractivity contribution in [2.45, 2.75) is 69.6 Å². The molecular weight excluding hydrogens is 396 g/mol. The fourth-order valence-electron chi connectivity index (χ4n) is 4.62. The third-order valence-corrected chi connectivity index (χ3v) is 6.72. The lowest BCUT2D eigenvalue weighted by molar-refractivity contribution is -0.117. The number of benzene rings is 1. The topological polar surface area (TPSA) is 47.0 Å². The molecule has 0 amide bonds. The molecule has 0 N–H and O–H groups in total. The van der Waals surface area contributed by atoms with Gasteiger partial charge in [-0.3, -0.25) is 14.6 Å². The minimum atomic E-state index is -2.55. The van der Waals surface area contributed by atoms with Gasteiger partial charge in [0.1, 0.15) is 5.78 Å². The van der Waals surface area contributed by atoms with Crippen LogP contribution in [-0.4, -0.2) is 22.5 Å². The van der Waals surface area contributed by atoms with Gasteiger partial charge in [0.15, 0.2) is 5.78 Å². The summed E-state index contributed by atoms with van der Waals surface area (Å²) >= 11 is 6.35. The lowest BCUT2D eigenvalue weighted by Crippen LogP contribution is -2.24. The second kappa shape index (κ2) is 8.10. The maximum absolute atomic E-state index is 13.3. The summed E-state index contributed by atoms with van der Waals surface area (Å²) < 4.78 is 26.7. The Bertz CT molecular complexity index is 949. The van der Waals surface area contributed by atoms with Gasteiger partial charge in [-0.1, -0.05) is 17.7 Å². The zero-order valence-corrected chi connectivity index (χ0v) is 17.0. The molecule has 2 aromatic rings. The van der Waals surface area contributed by atoms with Crippen LogP contribution in [0.4, 0.5) is 8.78 Å². The van der Waals surface area contributed by atoms with Crippen molar-refractivity contribution in [2.75, 3.05) is 0 Å². The Morgan fingerprint density at radius 3 is 2.59 bits per heavy atom. The Balaban J connectivity index is 1.51. The average molecular weight is 420 g/mol. The molecule has 1 unspecified atom stereocenters. The Kier molecular flexibility index (Phi) is 5.69. The Morgan fingerprint density at radius 2 is 1.90 bits per heavy atom. The first-order chi connectivity index (χ1) is 13.8. The molecule has 2 aliphatic carbocycles. The standard InChI is InChI=1S/C23H24ClF2NO2/c24-18-5-7-20-17(4-6-19(27-20)15-2-3-16(28)13-15)22(18)21(29)8-1-14-9-11-23(25,26)12-10-14/h4-7,14-15H,1-3,8-13H2. The third kappa shape index (κ3) is 4.50. The van der Waals surface area contributed by atoms with Crippen LogP contribution in [0.1, 0.15) is 79.8 Å². The normalized spacial score (nSPS) is 22.3. The first-order valence-corrected chi connectivity index (χ1v) is 10.7. The van der Waals surface area contributed by atoms with E-state index in [4.69, 9.17) is 16.6 Å². The molecule has 2 fully saturated rings. The highest BCUT2D eigenvalue weighted by molar-refractivity contribution is 6.35. The summed E-state index contributed by atoms with van der Waals surface area (Å²) in [5.74, 6) is -2.04. The molecule has 154 valence electrons. The molecule has 2 aliphatic rings. The number of aromatic nitrogens is 1. The zero-order valence-electron chi connectivity index (χ0n) is 16.2. The maximum Gasteiger partial charge on any atom is 0.248 e. The second-order valence-corrected chi connectivity index (χ2v) is 8.87. The number of hydrogen-bond donors (Lipinski definition) is 0. The molecule has 1 aromatic carbocycles. The number of halogens is 3. The molecule has 0 spiro atoms. The third-order valence-electron chi connectivity index (χ3n) is 6.40. The molecule has 1 heterocycles. The van der Waals surface area contributed by atoms with E-state index in [1.807, 2.05) is 12.1 Å². The van der Waals surface area contributed by atoms with Gasteiger partial charge in [0.05, 0.1) is 10.5 Å². The van der Waals surface area contributed by atoms with Crippen molar-refractivity contribution in [1.29, 1.82) is 0 Å². The van der Waals surface area contributed by atoms with Crippen molar-refractivity contribution in [1.82, 2.24) is 4.98 Å². The van der Waals surface area contributed by atoms with Crippen molar-refractivity contribution < 1.29 is 18.4 Å². The minimum Gasteiger partial charge on any atom is -0.300 e. The van der Waals surface area contributed by atoms with Gasteiger partial charge < -0.3 is 0 Å². The number of hydrogen-bond acceptors (Lipinski definition) is 3. The van der Waals surface area contributed by atoms with Gasteiger partial charge in [-0.2, -0.15) is 0 Å². The number of rotatable bonds is 5. The summed E-state index contributed by atoms with van der Waals surface area (Å²) in [6, 6.07) is 7.26. The zero-order chi connectivity index (χ0) is 20.6. The molecule has 1 aromatic heterocycles. The molecule has 2 saturated carbocycles. The van der Waals surface area contributed by atoms with E-state index in [9.17, 15) is 18.4 Å². The molecule has 0 saturated heterocycles. The van der Waals surface area contributed by atoms with E-state index in [0.717, 1.165) is 12.1 Å². The van der Waals surface area contributed by atoms with Gasteiger partial charge in [0, 0.05) is 54.7 Å². The maximum atomic E-state index is 13.3. The monoisotopic (exact) mass is 419 g/mol. The SMILES string of the molecule is O=C1CCC(c2ccc3c(C(=O)CCC4CCC(F)(F)CC4)c(Cl)ccc3n2)C1. The van der Waals surface area contributed by atoms with Crippen LogP contribution < -0.4 is 0 Å². The molecule has 1 atom stereocenters. The molecule has 0 aliphatic heterocycles. The van der Waals surface area contributed by atoms with Crippen molar-refractivity contribution in [2.24, 2.45) is 5.92 Å². The fraction of sp³-hybridized carbons (Fsp3) is 0.522. The summed E-state index contributed by atoms with van der Waals surface area (Å²) in [6.07, 6.45) is 3.61. The van der Waals surface area contributed by atoms with Crippen molar-refractivity contribution >= 4 is 34.1 Å². The van der Waals surface area contributed by atoms with Crippen LogP contribution in [0.25, 0.3) is 10.9 Å². The van der Waals surface area contributed by atoms with Gasteiger partial charge in [-0.05, 0) is 49.8 Å². The number of Topliss-reactive ketones (excluding diaryl/α,β-unsaturated/α-hetero) is 2. The molecule has 0 radical (unpaired) electrons. The van der Waals surface area contributed by atoms with Gasteiger partial charge in [-0.15, -0.1) is 0 Å². The lowest BCUT2D eigenvalue weighted by atomic mass is 9.83. The number of carbonyl (C=O) groups excluding carboxylic acids is 2. The van der Waals surface area contributed by atoms with Gasteiger partial charge >= 0.3 is 0 Å². The number of pyridine rings is 1. The van der Waals surface area contributed by atoms with Crippen LogP contribution in [0.5, 0.6) is 0 Å². The molecule has 4 rings (SSSR count). The quantitative estimate of drug-likeness (QED) is 0.519. The summed E-state index contributed by atoms with van der Waals surface area (Å²) in [4.78, 5) is 29.2. The van der Waals surface area contributed by atoms with Crippen LogP contribution in [-0.2, 0) is 4.79 Å². The predicted molar refractivity (Wildman–Crippen MR) is 109 cm³/mol. The highest BCUT2D eigenvalue weighted by Crippen LogP contribution is 2.38. The smallest absolute Gasteiger partial charge is 0.248 e. The fourth-order valence-corrected chi connectivity index (χ4v) is 4.89. The van der Waals surface area contributed by atoms with Gasteiger partial charge in [0.25, 0.3) is 0 Å². The first-order valence-electron chi connectivity index (χ1n) is 10.3. The van der Waals surface area contributed by atoms with Crippen molar-refractivity contribution in [3.63, 3.8) is 0 Å². The van der Waals surface area contributed by atoms with Crippen LogP contribution in [0.15, 0.2) is 24.3 Å². The van der Waals surface area contributed by atoms with Crippen LogP contribution >= 0.6 is 11.6 Å². The van der Waals surface area contributed by atoms with Gasteiger partial charge in [0.2, 0.25) is 5.92 Å². The van der Waals surface area contributed by atoms with Crippen molar-refractivity contribution in [3.05, 3.63) is 40.5 Å². The minimum absolute atomic E-state index is 0.0662. The number of fused-ring (bicyclic) bond motifs is 1. The number of carbonyl (C=O) groups is 2. The van der Waals surface area contributed by atoms with Crippen LogP contribution in [0, 0.1) is 5.92 Å². The highest BCUT2D eigenvalue weighted by atomic mass is 35.5. The lowest BCUT2D eigenvalue weighted by Gasteiger charge is -2.28. The van der Waals surface area contributed by atoms with E-state index in [1.54, 1.807) is 12.1 Å². The van der Waals surface area contributed by atoms with E-state index >= 15 is 0 Å². The number of alkyl halides is 2. The summed E-state index contributed by atoms with van der Waals surface area (Å²) in [6.45, 7) is 0. The Hall–Kier alpha value is -1.88. The largest absolute Gasteiger partial charge is 0.300 e. The van der Waals surface area contributed by atoms with E-state index in [-0.39, 0.29) is 36.2 Å². The molecule has 6 heteroatoms. The van der Waals surface area contributed by atoms with E-state index in [2.05, 4.69) is 0 Å². The Labute approximate surface area is 173 Å². The summed E-state index contributed by atoms with van der Waals surface area (Å²) in [7, 11) is 0. The predicted octanol–water partition coefficient (Wildman–Crippen LogP) is 6.51.